The van der Waals surface area contributed by atoms with E-state index in [2.05, 4.69) is 44.8 Å². The van der Waals surface area contributed by atoms with E-state index in [1.807, 2.05) is 18.3 Å². The lowest BCUT2D eigenvalue weighted by molar-refractivity contribution is -0.628. The minimum Gasteiger partial charge on any atom is -0.333 e. The predicted octanol–water partition coefficient (Wildman–Crippen LogP) is 2.73. The first-order valence-corrected chi connectivity index (χ1v) is 11.5. The molecule has 0 radical (unpaired) electrons. The smallest absolute Gasteiger partial charge is 0.320 e. The van der Waals surface area contributed by atoms with Crippen LogP contribution in [0.25, 0.3) is 16.6 Å². The van der Waals surface area contributed by atoms with Crippen LogP contribution in [0.3, 0.4) is 0 Å². The standard InChI is InChI=1S/C24H33N7O/c1-24(9-3-4-10-24)30-23(32)29-22-6-5-20-21(28-22)13-17(15-27-20)18(14-25)16-26-19-7-11-31(2)12-8-19/h5-6,13-16,19,25-26H,3-4,7-12H2,1-2H3,(H2,28,29,30,32)/p+1/b18-16+,25-14?. The van der Waals surface area contributed by atoms with E-state index < -0.39 is 0 Å². The maximum Gasteiger partial charge on any atom is 0.320 e. The molecule has 32 heavy (non-hydrogen) atoms. The predicted molar refractivity (Wildman–Crippen MR) is 128 cm³/mol. The second-order valence-electron chi connectivity index (χ2n) is 9.41. The number of nitrogens with one attached hydrogen (secondary N) is 3. The maximum absolute atomic E-state index is 12.5. The van der Waals surface area contributed by atoms with Crippen molar-refractivity contribution >= 4 is 34.7 Å². The first-order chi connectivity index (χ1) is 15.4. The molecular weight excluding hydrogens is 402 g/mol. The van der Waals surface area contributed by atoms with Crippen molar-refractivity contribution in [3.8, 4) is 0 Å². The summed E-state index contributed by atoms with van der Waals surface area (Å²) in [7, 11) is 2.16. The van der Waals surface area contributed by atoms with Gasteiger partial charge >= 0.3 is 6.03 Å². The van der Waals surface area contributed by atoms with E-state index >= 15 is 0 Å². The molecule has 0 unspecified atom stereocenters. The minimum absolute atomic E-state index is 0.135. The second-order valence-corrected chi connectivity index (χ2v) is 9.41. The molecule has 5 N–H and O–H groups in total. The maximum atomic E-state index is 12.5. The Kier molecular flexibility index (Phi) is 6.81. The molecular formula is C24H34N7O+. The van der Waals surface area contributed by atoms with E-state index in [1.165, 1.54) is 6.21 Å². The molecule has 4 rings (SSSR count). The van der Waals surface area contributed by atoms with Crippen molar-refractivity contribution < 1.29 is 10.1 Å². The number of hydrogen-bond acceptors (Lipinski definition) is 5. The fourth-order valence-electron chi connectivity index (χ4n) is 4.62. The largest absolute Gasteiger partial charge is 0.333 e. The van der Waals surface area contributed by atoms with Crippen LogP contribution in [0.15, 0.2) is 30.6 Å². The fraction of sp³-hybridized carbons (Fsp3) is 0.500. The van der Waals surface area contributed by atoms with Crippen molar-refractivity contribution in [3.05, 3.63) is 36.2 Å². The number of nitrogens with two attached hydrogens (primary N) is 1. The summed E-state index contributed by atoms with van der Waals surface area (Å²) in [6.45, 7) is 4.31. The fourth-order valence-corrected chi connectivity index (χ4v) is 4.62. The molecule has 1 aliphatic carbocycles. The van der Waals surface area contributed by atoms with Gasteiger partial charge in [-0.2, -0.15) is 0 Å². The highest BCUT2D eigenvalue weighted by Crippen LogP contribution is 2.29. The summed E-state index contributed by atoms with van der Waals surface area (Å²) < 4.78 is 0. The first kappa shape index (κ1) is 22.4. The van der Waals surface area contributed by atoms with Gasteiger partial charge in [0.25, 0.3) is 0 Å². The summed E-state index contributed by atoms with van der Waals surface area (Å²) in [5, 5.41) is 16.1. The Labute approximate surface area is 189 Å². The van der Waals surface area contributed by atoms with Gasteiger partial charge in [-0.3, -0.25) is 10.3 Å². The number of urea groups is 1. The van der Waals surface area contributed by atoms with Crippen molar-refractivity contribution in [3.63, 3.8) is 0 Å². The van der Waals surface area contributed by atoms with Gasteiger partial charge in [0.15, 0.2) is 0 Å². The van der Waals surface area contributed by atoms with Gasteiger partial charge < -0.3 is 20.9 Å². The number of likely N-dealkylation sites (tertiary alicyclic amines) is 1. The van der Waals surface area contributed by atoms with E-state index in [-0.39, 0.29) is 11.6 Å². The van der Waals surface area contributed by atoms with E-state index in [4.69, 9.17) is 5.41 Å². The highest BCUT2D eigenvalue weighted by Gasteiger charge is 2.30. The number of allylic oxidation sites excluding steroid dienone is 1. The van der Waals surface area contributed by atoms with Crippen LogP contribution in [0.4, 0.5) is 10.6 Å². The Hall–Kier alpha value is -2.84. The molecule has 2 fully saturated rings. The van der Waals surface area contributed by atoms with Gasteiger partial charge in [-0.15, -0.1) is 0 Å². The molecule has 2 aromatic heterocycles. The number of piperidine rings is 1. The Bertz CT molecular complexity index is 1000. The van der Waals surface area contributed by atoms with Crippen molar-refractivity contribution in [2.45, 2.75) is 57.0 Å². The quantitative estimate of drug-likeness (QED) is 0.522. The molecule has 3 heterocycles. The normalized spacial score (nSPS) is 19.8. The van der Waals surface area contributed by atoms with Crippen LogP contribution in [-0.2, 0) is 0 Å². The third-order valence-corrected chi connectivity index (χ3v) is 6.70. The summed E-state index contributed by atoms with van der Waals surface area (Å²) in [5.41, 5.74) is 2.98. The van der Waals surface area contributed by atoms with Gasteiger partial charge in [-0.1, -0.05) is 12.8 Å². The van der Waals surface area contributed by atoms with Crippen molar-refractivity contribution in [1.29, 1.82) is 5.41 Å². The number of amides is 2. The summed E-state index contributed by atoms with van der Waals surface area (Å²) in [4.78, 5) is 23.9. The zero-order valence-corrected chi connectivity index (χ0v) is 19.0. The van der Waals surface area contributed by atoms with Crippen LogP contribution in [0.1, 0.15) is 51.0 Å². The van der Waals surface area contributed by atoms with Crippen LogP contribution in [0.2, 0.25) is 0 Å². The topological polar surface area (TPSA) is 111 Å². The molecule has 0 aromatic carbocycles. The van der Waals surface area contributed by atoms with Gasteiger partial charge in [0.05, 0.1) is 22.6 Å². The van der Waals surface area contributed by atoms with Gasteiger partial charge in [0.1, 0.15) is 12.0 Å². The Morgan fingerprint density at radius 2 is 2.00 bits per heavy atom. The number of pyridine rings is 2. The molecule has 170 valence electrons. The number of carbonyl (C=O) groups excluding carboxylic acids is 1. The van der Waals surface area contributed by atoms with Crippen LogP contribution in [-0.4, -0.2) is 58.8 Å². The summed E-state index contributed by atoms with van der Waals surface area (Å²) in [6.07, 6.45) is 11.8. The van der Waals surface area contributed by atoms with Crippen molar-refractivity contribution in [2.24, 2.45) is 0 Å². The number of nitrogens with zero attached hydrogens (tertiary/aromatic N) is 3. The lowest BCUT2D eigenvalue weighted by Crippen LogP contribution is -2.86. The lowest BCUT2D eigenvalue weighted by atomic mass is 10.0. The number of aromatic nitrogens is 2. The molecule has 1 saturated heterocycles. The zero-order chi connectivity index (χ0) is 22.6. The highest BCUT2D eigenvalue weighted by atomic mass is 16.2. The molecule has 0 bridgehead atoms. The number of carbonyl (C=O) groups is 1. The lowest BCUT2D eigenvalue weighted by Gasteiger charge is -2.26. The van der Waals surface area contributed by atoms with Crippen LogP contribution >= 0.6 is 0 Å². The molecule has 1 saturated carbocycles. The van der Waals surface area contributed by atoms with E-state index in [0.29, 0.717) is 17.4 Å². The third-order valence-electron chi connectivity index (χ3n) is 6.70. The number of rotatable bonds is 6. The van der Waals surface area contributed by atoms with Gasteiger partial charge in [-0.25, -0.2) is 9.78 Å². The number of anilines is 1. The third kappa shape index (κ3) is 5.49. The van der Waals surface area contributed by atoms with E-state index in [0.717, 1.165) is 68.3 Å². The molecule has 1 aliphatic heterocycles. The minimum atomic E-state index is -0.224. The van der Waals surface area contributed by atoms with Gasteiger partial charge in [-0.05, 0) is 45.0 Å². The number of fused-ring (bicyclic) bond motifs is 1. The average Bonchev–Trinajstić information content (AvgIpc) is 3.20. The van der Waals surface area contributed by atoms with Crippen LogP contribution < -0.4 is 16.0 Å². The van der Waals surface area contributed by atoms with Crippen molar-refractivity contribution in [2.75, 3.05) is 25.5 Å². The molecule has 2 amide bonds. The summed E-state index contributed by atoms with van der Waals surface area (Å²) in [6, 6.07) is 5.88. The van der Waals surface area contributed by atoms with Gasteiger partial charge in [0.2, 0.25) is 0 Å². The van der Waals surface area contributed by atoms with Crippen LogP contribution in [0, 0.1) is 5.41 Å². The molecule has 0 atom stereocenters. The monoisotopic (exact) mass is 436 g/mol. The number of quaternary nitrogens is 1. The molecule has 2 aromatic rings. The van der Waals surface area contributed by atoms with E-state index in [9.17, 15) is 4.79 Å². The van der Waals surface area contributed by atoms with Crippen molar-refractivity contribution in [1.82, 2.24) is 20.2 Å². The molecule has 8 nitrogen and oxygen atoms in total. The first-order valence-electron chi connectivity index (χ1n) is 11.5. The highest BCUT2D eigenvalue weighted by molar-refractivity contribution is 6.08. The van der Waals surface area contributed by atoms with Gasteiger partial charge in [0, 0.05) is 49.4 Å². The Morgan fingerprint density at radius 3 is 2.72 bits per heavy atom. The molecule has 8 heteroatoms. The summed E-state index contributed by atoms with van der Waals surface area (Å²) >= 11 is 0. The number of hydrogen-bond donors (Lipinski definition) is 4. The van der Waals surface area contributed by atoms with E-state index in [1.54, 1.807) is 12.3 Å². The zero-order valence-electron chi connectivity index (χ0n) is 19.0. The Balaban J connectivity index is 1.46. The molecule has 2 aliphatic rings. The average molecular weight is 437 g/mol. The second kappa shape index (κ2) is 9.75. The molecule has 0 spiro atoms. The van der Waals surface area contributed by atoms with Crippen LogP contribution in [0.5, 0.6) is 0 Å². The Morgan fingerprint density at radius 1 is 1.25 bits per heavy atom. The summed E-state index contributed by atoms with van der Waals surface area (Å²) in [5.74, 6) is 0.494. The SMILES string of the molecule is CN1CCC([NH2+]/C=C(\C=N)c2cnc3ccc(NC(=O)NC4(C)CCCC4)nc3c2)CC1.